The van der Waals surface area contributed by atoms with Gasteiger partial charge in [0.15, 0.2) is 0 Å². The second-order valence-corrected chi connectivity index (χ2v) is 7.96. The van der Waals surface area contributed by atoms with Crippen molar-refractivity contribution in [3.63, 3.8) is 0 Å². The van der Waals surface area contributed by atoms with Crippen LogP contribution in [0.4, 0.5) is 0 Å². The van der Waals surface area contributed by atoms with Gasteiger partial charge >= 0.3 is 5.97 Å². The summed E-state index contributed by atoms with van der Waals surface area (Å²) in [6.07, 6.45) is 1.51. The fourth-order valence-electron chi connectivity index (χ4n) is 3.25. The van der Waals surface area contributed by atoms with Crippen molar-refractivity contribution in [1.29, 1.82) is 0 Å². The highest BCUT2D eigenvalue weighted by atomic mass is 32.2. The minimum Gasteiger partial charge on any atom is -0.497 e. The summed E-state index contributed by atoms with van der Waals surface area (Å²) in [5, 5.41) is 0. The molecule has 26 heavy (non-hydrogen) atoms. The number of rotatable bonds is 5. The zero-order valence-electron chi connectivity index (χ0n) is 14.7. The minimum absolute atomic E-state index is 0.0928. The van der Waals surface area contributed by atoms with Gasteiger partial charge in [-0.05, 0) is 48.7 Å². The van der Waals surface area contributed by atoms with Gasteiger partial charge in [-0.25, -0.2) is 13.2 Å². The maximum Gasteiger partial charge on any atom is 0.337 e. The molecule has 1 fully saturated rings. The number of hydrogen-bond donors (Lipinski definition) is 0. The van der Waals surface area contributed by atoms with Crippen LogP contribution in [0.15, 0.2) is 53.4 Å². The zero-order chi connectivity index (χ0) is 18.7. The van der Waals surface area contributed by atoms with Crippen LogP contribution >= 0.6 is 0 Å². The van der Waals surface area contributed by atoms with E-state index in [0.717, 1.165) is 18.4 Å². The Labute approximate surface area is 153 Å². The maximum atomic E-state index is 13.2. The summed E-state index contributed by atoms with van der Waals surface area (Å²) in [6, 6.07) is 13.2. The van der Waals surface area contributed by atoms with Crippen molar-refractivity contribution < 1.29 is 22.7 Å². The Morgan fingerprint density at radius 1 is 1.12 bits per heavy atom. The van der Waals surface area contributed by atoms with Crippen molar-refractivity contribution in [2.24, 2.45) is 0 Å². The van der Waals surface area contributed by atoms with Crippen LogP contribution in [-0.4, -0.2) is 39.5 Å². The average Bonchev–Trinajstić information content (AvgIpc) is 3.18. The summed E-state index contributed by atoms with van der Waals surface area (Å²) in [7, 11) is -0.885. The molecular weight excluding hydrogens is 354 g/mol. The first-order chi connectivity index (χ1) is 12.5. The molecule has 2 aromatic rings. The smallest absolute Gasteiger partial charge is 0.337 e. The quantitative estimate of drug-likeness (QED) is 0.751. The van der Waals surface area contributed by atoms with Gasteiger partial charge in [-0.1, -0.05) is 18.2 Å². The number of esters is 1. The predicted octanol–water partition coefficient (Wildman–Crippen LogP) is 3.01. The number of sulfonamides is 1. The lowest BCUT2D eigenvalue weighted by Gasteiger charge is -2.25. The number of methoxy groups -OCH3 is 2. The monoisotopic (exact) mass is 375 g/mol. The molecule has 0 N–H and O–H groups in total. The third kappa shape index (κ3) is 3.45. The molecule has 1 saturated heterocycles. The average molecular weight is 375 g/mol. The summed E-state index contributed by atoms with van der Waals surface area (Å²) in [4.78, 5) is 11.8. The molecule has 1 heterocycles. The van der Waals surface area contributed by atoms with Gasteiger partial charge < -0.3 is 9.47 Å². The first-order valence-corrected chi connectivity index (χ1v) is 9.75. The highest BCUT2D eigenvalue weighted by Gasteiger charge is 2.36. The molecule has 0 aliphatic carbocycles. The molecule has 2 aromatic carbocycles. The molecule has 6 nitrogen and oxygen atoms in total. The number of hydrogen-bond acceptors (Lipinski definition) is 5. The second-order valence-electron chi connectivity index (χ2n) is 6.07. The third-order valence-corrected chi connectivity index (χ3v) is 6.45. The fourth-order valence-corrected chi connectivity index (χ4v) is 4.98. The van der Waals surface area contributed by atoms with E-state index in [0.29, 0.717) is 12.3 Å². The fraction of sp³-hybridized carbons (Fsp3) is 0.316. The van der Waals surface area contributed by atoms with Crippen molar-refractivity contribution in [2.45, 2.75) is 23.8 Å². The first kappa shape index (κ1) is 18.4. The van der Waals surface area contributed by atoms with Crippen LogP contribution in [0, 0.1) is 0 Å². The van der Waals surface area contributed by atoms with Crippen LogP contribution in [0.1, 0.15) is 34.8 Å². The van der Waals surface area contributed by atoms with E-state index in [2.05, 4.69) is 4.74 Å². The van der Waals surface area contributed by atoms with Crippen molar-refractivity contribution in [2.75, 3.05) is 20.8 Å². The van der Waals surface area contributed by atoms with Crippen LogP contribution in [0.3, 0.4) is 0 Å². The van der Waals surface area contributed by atoms with Crippen molar-refractivity contribution in [1.82, 2.24) is 4.31 Å². The summed E-state index contributed by atoms with van der Waals surface area (Å²) in [6.45, 7) is 0.437. The first-order valence-electron chi connectivity index (χ1n) is 8.31. The Hall–Kier alpha value is -2.38. The Bertz CT molecular complexity index is 910. The van der Waals surface area contributed by atoms with Crippen LogP contribution in [0.25, 0.3) is 0 Å². The Kier molecular flexibility index (Phi) is 5.29. The maximum absolute atomic E-state index is 13.2. The summed E-state index contributed by atoms with van der Waals surface area (Å²) in [5.74, 6) is 0.132. The molecule has 0 bridgehead atoms. The summed E-state index contributed by atoms with van der Waals surface area (Å²) >= 11 is 0. The van der Waals surface area contributed by atoms with Crippen LogP contribution < -0.4 is 4.74 Å². The van der Waals surface area contributed by atoms with Gasteiger partial charge in [0.05, 0.1) is 30.7 Å². The van der Waals surface area contributed by atoms with Crippen molar-refractivity contribution in [3.05, 3.63) is 59.7 Å². The third-order valence-electron chi connectivity index (χ3n) is 4.54. The van der Waals surface area contributed by atoms with E-state index in [9.17, 15) is 13.2 Å². The Morgan fingerprint density at radius 2 is 1.88 bits per heavy atom. The molecule has 1 unspecified atom stereocenters. The van der Waals surface area contributed by atoms with E-state index in [1.165, 1.54) is 29.6 Å². The van der Waals surface area contributed by atoms with Crippen LogP contribution in [0.5, 0.6) is 5.75 Å². The van der Waals surface area contributed by atoms with Gasteiger partial charge in [0, 0.05) is 6.54 Å². The van der Waals surface area contributed by atoms with E-state index in [4.69, 9.17) is 4.74 Å². The van der Waals surface area contributed by atoms with E-state index in [1.54, 1.807) is 13.2 Å². The van der Waals surface area contributed by atoms with Gasteiger partial charge in [-0.2, -0.15) is 4.31 Å². The number of carbonyl (C=O) groups is 1. The lowest BCUT2D eigenvalue weighted by molar-refractivity contribution is 0.0600. The highest BCUT2D eigenvalue weighted by Crippen LogP contribution is 2.37. The second kappa shape index (κ2) is 7.47. The van der Waals surface area contributed by atoms with E-state index >= 15 is 0 Å². The van der Waals surface area contributed by atoms with Gasteiger partial charge in [0.2, 0.25) is 10.0 Å². The molecule has 0 saturated carbocycles. The van der Waals surface area contributed by atoms with Gasteiger partial charge in [0.25, 0.3) is 0 Å². The molecule has 1 aliphatic rings. The van der Waals surface area contributed by atoms with E-state index < -0.39 is 16.0 Å². The zero-order valence-corrected chi connectivity index (χ0v) is 15.5. The SMILES string of the molecule is COC(=O)c1cccc(S(=O)(=O)N2CCCC2c2cccc(OC)c2)c1. The number of ether oxygens (including phenoxy) is 2. The molecule has 1 aliphatic heterocycles. The number of nitrogens with zero attached hydrogens (tertiary/aromatic N) is 1. The lowest BCUT2D eigenvalue weighted by Crippen LogP contribution is -2.30. The van der Waals surface area contributed by atoms with Crippen molar-refractivity contribution in [3.8, 4) is 5.75 Å². The Morgan fingerprint density at radius 3 is 2.62 bits per heavy atom. The highest BCUT2D eigenvalue weighted by molar-refractivity contribution is 7.89. The van der Waals surface area contributed by atoms with Crippen LogP contribution in [0.2, 0.25) is 0 Å². The number of carbonyl (C=O) groups excluding carboxylic acids is 1. The molecule has 138 valence electrons. The molecule has 1 atom stereocenters. The van der Waals surface area contributed by atoms with Crippen LogP contribution in [-0.2, 0) is 14.8 Å². The lowest BCUT2D eigenvalue weighted by atomic mass is 10.1. The minimum atomic E-state index is -3.74. The molecule has 0 spiro atoms. The molecule has 0 aromatic heterocycles. The van der Waals surface area contributed by atoms with Gasteiger partial charge in [0.1, 0.15) is 5.75 Å². The van der Waals surface area contributed by atoms with Gasteiger partial charge in [-0.15, -0.1) is 0 Å². The van der Waals surface area contributed by atoms with Gasteiger partial charge in [-0.3, -0.25) is 0 Å². The molecule has 0 radical (unpaired) electrons. The standard InChI is InChI=1S/C19H21NO5S/c1-24-16-8-3-6-14(12-16)18-10-5-11-20(18)26(22,23)17-9-4-7-15(13-17)19(21)25-2/h3-4,6-9,12-13,18H,5,10-11H2,1-2H3. The predicted molar refractivity (Wildman–Crippen MR) is 96.6 cm³/mol. The number of benzene rings is 2. The molecule has 0 amide bonds. The van der Waals surface area contributed by atoms with E-state index in [1.807, 2.05) is 24.3 Å². The van der Waals surface area contributed by atoms with Crippen molar-refractivity contribution >= 4 is 16.0 Å². The molecule has 7 heteroatoms. The molecular formula is C19H21NO5S. The summed E-state index contributed by atoms with van der Waals surface area (Å²) in [5.41, 5.74) is 1.11. The Balaban J connectivity index is 1.96. The molecule has 3 rings (SSSR count). The van der Waals surface area contributed by atoms with E-state index in [-0.39, 0.29) is 16.5 Å². The summed E-state index contributed by atoms with van der Waals surface area (Å²) < 4.78 is 37.8. The topological polar surface area (TPSA) is 72.9 Å². The normalized spacial score (nSPS) is 17.8. The largest absolute Gasteiger partial charge is 0.497 e.